The van der Waals surface area contributed by atoms with Crippen molar-refractivity contribution in [3.8, 4) is 34.0 Å². The number of halogens is 3. The van der Waals surface area contributed by atoms with Crippen LogP contribution in [0.3, 0.4) is 0 Å². The van der Waals surface area contributed by atoms with Crippen LogP contribution in [0, 0.1) is 0 Å². The summed E-state index contributed by atoms with van der Waals surface area (Å²) in [4.78, 5) is 31.9. The van der Waals surface area contributed by atoms with E-state index in [1.165, 1.54) is 12.1 Å². The molecule has 0 aliphatic rings. The van der Waals surface area contributed by atoms with E-state index in [0.29, 0.717) is 51.3 Å². The van der Waals surface area contributed by atoms with E-state index in [2.05, 4.69) is 36.4 Å². The van der Waals surface area contributed by atoms with E-state index in [4.69, 9.17) is 18.9 Å². The Hall–Kier alpha value is -5.53. The number of oxazole rings is 2. The van der Waals surface area contributed by atoms with Gasteiger partial charge in [-0.15, -0.1) is 0 Å². The number of carboxylic acid groups (broad SMARTS) is 2. The van der Waals surface area contributed by atoms with E-state index in [1.807, 2.05) is 36.4 Å². The lowest BCUT2D eigenvalue weighted by Gasteiger charge is -2.18. The maximum Gasteiger partial charge on any atom is 0.416 e. The molecule has 52 heavy (non-hydrogen) atoms. The molecule has 4 N–H and O–H groups in total. The maximum absolute atomic E-state index is 13.6. The molecule has 0 spiro atoms. The minimum Gasteiger partial charge on any atom is -0.481 e. The largest absolute Gasteiger partial charge is 0.481 e. The SMILES string of the molecule is CC(C)(C)c1ccc(-c2nc3c(-c4c(CNCCC(=O)O)ccc5nc(-c6cccc(C(F)(F)F)c6)oc45)cc(CNCCC(=O)O)cc3o2)cc1. The summed E-state index contributed by atoms with van der Waals surface area (Å²) in [5.41, 5.74) is 5.31. The van der Waals surface area contributed by atoms with Gasteiger partial charge >= 0.3 is 18.1 Å². The molecule has 0 unspecified atom stereocenters. The zero-order valence-corrected chi connectivity index (χ0v) is 28.7. The van der Waals surface area contributed by atoms with Crippen LogP contribution in [0.15, 0.2) is 81.6 Å². The first-order valence-corrected chi connectivity index (χ1v) is 16.7. The zero-order chi connectivity index (χ0) is 37.2. The Morgan fingerprint density at radius 2 is 1.42 bits per heavy atom. The van der Waals surface area contributed by atoms with Gasteiger partial charge in [-0.25, -0.2) is 9.97 Å². The number of hydrogen-bond acceptors (Lipinski definition) is 8. The molecule has 13 heteroatoms. The van der Waals surface area contributed by atoms with Gasteiger partial charge in [-0.05, 0) is 70.6 Å². The summed E-state index contributed by atoms with van der Waals surface area (Å²) in [6.07, 6.45) is -4.75. The first-order chi connectivity index (χ1) is 24.7. The number of fused-ring (bicyclic) bond motifs is 2. The molecule has 0 aliphatic heterocycles. The van der Waals surface area contributed by atoms with Gasteiger partial charge < -0.3 is 29.7 Å². The van der Waals surface area contributed by atoms with Gasteiger partial charge in [-0.3, -0.25) is 9.59 Å². The Morgan fingerprint density at radius 3 is 2.08 bits per heavy atom. The lowest BCUT2D eigenvalue weighted by atomic mass is 9.87. The Balaban J connectivity index is 1.53. The van der Waals surface area contributed by atoms with Gasteiger partial charge in [-0.2, -0.15) is 13.2 Å². The minimum atomic E-state index is -4.57. The van der Waals surface area contributed by atoms with Crippen LogP contribution in [0.4, 0.5) is 13.2 Å². The Kier molecular flexibility index (Phi) is 10.2. The molecular weight excluding hydrogens is 677 g/mol. The predicted octanol–water partition coefficient (Wildman–Crippen LogP) is 8.41. The van der Waals surface area contributed by atoms with Gasteiger partial charge in [0.25, 0.3) is 0 Å². The number of benzene rings is 4. The molecule has 2 heterocycles. The Morgan fingerprint density at radius 1 is 0.750 bits per heavy atom. The second kappa shape index (κ2) is 14.6. The third kappa shape index (κ3) is 8.16. The highest BCUT2D eigenvalue weighted by molar-refractivity contribution is 6.02. The van der Waals surface area contributed by atoms with Crippen molar-refractivity contribution in [2.75, 3.05) is 13.1 Å². The number of nitrogens with zero attached hydrogens (tertiary/aromatic N) is 2. The predicted molar refractivity (Wildman–Crippen MR) is 190 cm³/mol. The van der Waals surface area contributed by atoms with Crippen LogP contribution in [0.5, 0.6) is 0 Å². The van der Waals surface area contributed by atoms with Gasteiger partial charge in [0.2, 0.25) is 11.8 Å². The van der Waals surface area contributed by atoms with Crippen LogP contribution >= 0.6 is 0 Å². The average Bonchev–Trinajstić information content (AvgIpc) is 3.72. The Bertz CT molecular complexity index is 2250. The number of hydrogen-bond donors (Lipinski definition) is 4. The highest BCUT2D eigenvalue weighted by Crippen LogP contribution is 2.41. The number of alkyl halides is 3. The van der Waals surface area contributed by atoms with Crippen molar-refractivity contribution in [2.45, 2.75) is 58.3 Å². The van der Waals surface area contributed by atoms with Crippen molar-refractivity contribution in [1.29, 1.82) is 0 Å². The number of carboxylic acids is 2. The smallest absolute Gasteiger partial charge is 0.416 e. The minimum absolute atomic E-state index is 0.0131. The summed E-state index contributed by atoms with van der Waals surface area (Å²) in [7, 11) is 0. The van der Waals surface area contributed by atoms with Crippen LogP contribution < -0.4 is 10.6 Å². The number of rotatable bonds is 13. The van der Waals surface area contributed by atoms with Crippen molar-refractivity contribution >= 4 is 34.1 Å². The van der Waals surface area contributed by atoms with Crippen molar-refractivity contribution in [3.05, 3.63) is 95.1 Å². The van der Waals surface area contributed by atoms with E-state index in [1.54, 1.807) is 12.1 Å². The van der Waals surface area contributed by atoms with Crippen molar-refractivity contribution in [1.82, 2.24) is 20.6 Å². The number of carbonyl (C=O) groups is 2. The third-order valence-corrected chi connectivity index (χ3v) is 8.58. The molecule has 0 bridgehead atoms. The maximum atomic E-state index is 13.6. The van der Waals surface area contributed by atoms with Crippen molar-refractivity contribution in [3.63, 3.8) is 0 Å². The molecule has 2 aromatic heterocycles. The first kappa shape index (κ1) is 36.3. The van der Waals surface area contributed by atoms with Gasteiger partial charge in [0.1, 0.15) is 11.0 Å². The van der Waals surface area contributed by atoms with E-state index >= 15 is 0 Å². The first-order valence-electron chi connectivity index (χ1n) is 16.7. The standard InChI is InChI=1S/C39H37F3N4O6/c1-38(2,3)26-10-7-23(8-11-26)36-46-34-28(17-22(18-30(34)51-36)20-43-15-13-31(47)48)33-25(21-44-16-14-32(49)50)9-12-29-35(33)52-37(45-29)24-5-4-6-27(19-24)39(40,41)42/h4-12,17-19,43-44H,13-16,20-21H2,1-3H3,(H,47,48)(H,49,50). The monoisotopic (exact) mass is 714 g/mol. The molecule has 0 saturated carbocycles. The summed E-state index contributed by atoms with van der Waals surface area (Å²) < 4.78 is 53.5. The van der Waals surface area contributed by atoms with Crippen LogP contribution in [0.2, 0.25) is 0 Å². The lowest BCUT2D eigenvalue weighted by Crippen LogP contribution is -2.18. The van der Waals surface area contributed by atoms with Crippen LogP contribution in [0.1, 0.15) is 55.9 Å². The van der Waals surface area contributed by atoms with Crippen molar-refractivity contribution in [2.24, 2.45) is 0 Å². The third-order valence-electron chi connectivity index (χ3n) is 8.58. The topological polar surface area (TPSA) is 151 Å². The quantitative estimate of drug-likeness (QED) is 0.0859. The van der Waals surface area contributed by atoms with Crippen molar-refractivity contribution < 1.29 is 41.8 Å². The molecule has 0 aliphatic carbocycles. The van der Waals surface area contributed by atoms with E-state index < -0.39 is 23.7 Å². The Labute approximate surface area is 296 Å². The van der Waals surface area contributed by atoms with Gasteiger partial charge in [-0.1, -0.05) is 45.0 Å². The number of aliphatic carboxylic acids is 2. The summed E-state index contributed by atoms with van der Waals surface area (Å²) >= 11 is 0. The molecule has 6 rings (SSSR count). The molecule has 0 saturated heterocycles. The van der Waals surface area contributed by atoms with Gasteiger partial charge in [0.05, 0.1) is 18.4 Å². The van der Waals surface area contributed by atoms with E-state index in [-0.39, 0.29) is 49.3 Å². The average molecular weight is 715 g/mol. The van der Waals surface area contributed by atoms with E-state index in [9.17, 15) is 27.9 Å². The highest BCUT2D eigenvalue weighted by Gasteiger charge is 2.31. The fourth-order valence-electron chi connectivity index (χ4n) is 5.89. The molecule has 270 valence electrons. The molecule has 0 fully saturated rings. The summed E-state index contributed by atoms with van der Waals surface area (Å²) in [6, 6.07) is 19.9. The molecular formula is C39H37F3N4O6. The molecule has 0 radical (unpaired) electrons. The number of nitrogens with one attached hydrogen (secondary N) is 2. The van der Waals surface area contributed by atoms with Crippen LogP contribution in [0.25, 0.3) is 56.2 Å². The van der Waals surface area contributed by atoms with Gasteiger partial charge in [0.15, 0.2) is 11.2 Å². The molecule has 6 aromatic rings. The summed E-state index contributed by atoms with van der Waals surface area (Å²) in [6.45, 7) is 7.28. The fourth-order valence-corrected chi connectivity index (χ4v) is 5.89. The molecule has 0 atom stereocenters. The molecule has 4 aromatic carbocycles. The number of aromatic nitrogens is 2. The van der Waals surface area contributed by atoms with Crippen LogP contribution in [-0.4, -0.2) is 45.2 Å². The summed E-state index contributed by atoms with van der Waals surface area (Å²) in [5, 5.41) is 24.6. The summed E-state index contributed by atoms with van der Waals surface area (Å²) in [5.74, 6) is -1.54. The van der Waals surface area contributed by atoms with Crippen LogP contribution in [-0.2, 0) is 34.3 Å². The zero-order valence-electron chi connectivity index (χ0n) is 28.7. The lowest BCUT2D eigenvalue weighted by molar-refractivity contribution is -0.138. The van der Waals surface area contributed by atoms with Gasteiger partial charge in [0, 0.05) is 48.4 Å². The molecule has 10 nitrogen and oxygen atoms in total. The van der Waals surface area contributed by atoms with E-state index in [0.717, 1.165) is 28.8 Å². The molecule has 0 amide bonds. The fraction of sp³-hybridized carbons (Fsp3) is 0.282. The second-order valence-electron chi connectivity index (χ2n) is 13.5. The normalized spacial score (nSPS) is 12.2. The second-order valence-corrected chi connectivity index (χ2v) is 13.5. The highest BCUT2D eigenvalue weighted by atomic mass is 19.4.